The molecule has 0 amide bonds. The molecule has 0 spiro atoms. The second-order valence-electron chi connectivity index (χ2n) is 5.90. The highest BCUT2D eigenvalue weighted by molar-refractivity contribution is 7.85. The minimum Gasteiger partial charge on any atom is -0.417 e. The first-order valence-corrected chi connectivity index (χ1v) is 11.0. The molecule has 0 aliphatic heterocycles. The van der Waals surface area contributed by atoms with Gasteiger partial charge in [-0.25, -0.2) is 0 Å². The molecule has 0 N–H and O–H groups in total. The van der Waals surface area contributed by atoms with Crippen LogP contribution in [0.2, 0.25) is 18.1 Å². The van der Waals surface area contributed by atoms with Gasteiger partial charge in [-0.15, -0.1) is 0 Å². The Hall–Kier alpha value is 0.744. The molecule has 0 bridgehead atoms. The van der Waals surface area contributed by atoms with Gasteiger partial charge in [-0.2, -0.15) is 12.6 Å². The predicted octanol–water partition coefficient (Wildman–Crippen LogP) is 3.05. The fourth-order valence-corrected chi connectivity index (χ4v) is 9.39. The molecule has 0 aromatic carbocycles. The molecule has 0 fully saturated rings. The average molecular weight is 265 g/mol. The van der Waals surface area contributed by atoms with E-state index in [4.69, 9.17) is 17.1 Å². The van der Waals surface area contributed by atoms with Gasteiger partial charge in [-0.05, 0) is 31.0 Å². The lowest BCUT2D eigenvalue weighted by atomic mass is 9.99. The zero-order valence-corrected chi connectivity index (χ0v) is 14.7. The number of thiol groups is 1. The third kappa shape index (κ3) is 5.06. The number of hydrogen-bond donors (Lipinski definition) is 1. The Balaban J connectivity index is 4.41. The van der Waals surface area contributed by atoms with Gasteiger partial charge in [0.05, 0.1) is 0 Å². The van der Waals surface area contributed by atoms with Crippen LogP contribution in [0.5, 0.6) is 0 Å². The summed E-state index contributed by atoms with van der Waals surface area (Å²) in [5.41, 5.74) is 0. The SMILES string of the molecule is CCO[Si](C)(C)[C@@H](S)[SiH2]C(C)(C)C(C)C. The Kier molecular flexibility index (Phi) is 6.18. The molecule has 1 atom stereocenters. The van der Waals surface area contributed by atoms with Crippen molar-refractivity contribution < 1.29 is 4.43 Å². The van der Waals surface area contributed by atoms with Crippen molar-refractivity contribution in [3.8, 4) is 0 Å². The average Bonchev–Trinajstić information content (AvgIpc) is 2.02. The van der Waals surface area contributed by atoms with Crippen LogP contribution in [0, 0.1) is 5.92 Å². The Morgan fingerprint density at radius 2 is 1.80 bits per heavy atom. The molecule has 15 heavy (non-hydrogen) atoms. The zero-order valence-electron chi connectivity index (χ0n) is 11.4. The van der Waals surface area contributed by atoms with Gasteiger partial charge < -0.3 is 4.43 Å². The summed E-state index contributed by atoms with van der Waals surface area (Å²) in [5, 5.41) is 0.494. The summed E-state index contributed by atoms with van der Waals surface area (Å²) >= 11 is 4.83. The minimum atomic E-state index is -1.54. The second-order valence-corrected chi connectivity index (χ2v) is 15.8. The van der Waals surface area contributed by atoms with Crippen molar-refractivity contribution in [3.05, 3.63) is 0 Å². The molecule has 1 nitrogen and oxygen atoms in total. The normalized spacial score (nSPS) is 16.6. The summed E-state index contributed by atoms with van der Waals surface area (Å²) in [4.78, 5) is 0. The fourth-order valence-electron chi connectivity index (χ4n) is 1.45. The monoisotopic (exact) mass is 264 g/mol. The van der Waals surface area contributed by atoms with Crippen LogP contribution in [-0.4, -0.2) is 28.9 Å². The smallest absolute Gasteiger partial charge is 0.195 e. The maximum Gasteiger partial charge on any atom is 0.195 e. The quantitative estimate of drug-likeness (QED) is 0.573. The molecule has 0 aromatic rings. The molecule has 0 aromatic heterocycles. The molecule has 0 heterocycles. The Morgan fingerprint density at radius 1 is 1.33 bits per heavy atom. The molecule has 0 unspecified atom stereocenters. The third-order valence-electron chi connectivity index (χ3n) is 3.60. The van der Waals surface area contributed by atoms with Gasteiger partial charge in [0, 0.05) is 20.6 Å². The number of hydrogen-bond acceptors (Lipinski definition) is 2. The van der Waals surface area contributed by atoms with Crippen molar-refractivity contribution in [1.29, 1.82) is 0 Å². The van der Waals surface area contributed by atoms with Crippen LogP contribution in [0.4, 0.5) is 0 Å². The van der Waals surface area contributed by atoms with Crippen LogP contribution < -0.4 is 0 Å². The lowest BCUT2D eigenvalue weighted by Gasteiger charge is -2.36. The molecule has 0 rings (SSSR count). The maximum absolute atomic E-state index is 5.91. The highest BCUT2D eigenvalue weighted by Gasteiger charge is 2.36. The fraction of sp³-hybridized carbons (Fsp3) is 1.00. The molecule has 0 aliphatic rings. The molecular weight excluding hydrogens is 236 g/mol. The van der Waals surface area contributed by atoms with E-state index in [2.05, 4.69) is 47.7 Å². The van der Waals surface area contributed by atoms with Crippen molar-refractivity contribution in [2.75, 3.05) is 6.61 Å². The van der Waals surface area contributed by atoms with E-state index in [0.717, 1.165) is 12.5 Å². The Labute approximate surface area is 105 Å². The zero-order chi connectivity index (χ0) is 12.3. The number of rotatable bonds is 6. The van der Waals surface area contributed by atoms with E-state index in [1.165, 1.54) is 0 Å². The van der Waals surface area contributed by atoms with Crippen LogP contribution >= 0.6 is 12.6 Å². The van der Waals surface area contributed by atoms with Crippen LogP contribution in [-0.2, 0) is 4.43 Å². The summed E-state index contributed by atoms with van der Waals surface area (Å²) in [6, 6.07) is 0. The standard InChI is InChI=1S/C11H28OSSi2/c1-8-12-15(6,7)10(13)14-11(4,5)9(2)3/h9-10,13H,8,14H2,1-7H3/t10-/m0/s1. The van der Waals surface area contributed by atoms with Crippen LogP contribution in [0.15, 0.2) is 0 Å². The Bertz CT molecular complexity index is 193. The van der Waals surface area contributed by atoms with E-state index in [1.807, 2.05) is 0 Å². The van der Waals surface area contributed by atoms with E-state index >= 15 is 0 Å². The van der Waals surface area contributed by atoms with Crippen LogP contribution in [0.3, 0.4) is 0 Å². The van der Waals surface area contributed by atoms with Crippen LogP contribution in [0.1, 0.15) is 34.6 Å². The third-order valence-corrected chi connectivity index (χ3v) is 14.5. The van der Waals surface area contributed by atoms with Crippen molar-refractivity contribution in [3.63, 3.8) is 0 Å². The molecule has 0 aliphatic carbocycles. The summed E-state index contributed by atoms with van der Waals surface area (Å²) < 4.78 is 6.48. The highest BCUT2D eigenvalue weighted by Crippen LogP contribution is 2.36. The van der Waals surface area contributed by atoms with Crippen molar-refractivity contribution >= 4 is 30.5 Å². The lowest BCUT2D eigenvalue weighted by Crippen LogP contribution is -2.48. The minimum absolute atomic E-state index is 0.207. The maximum atomic E-state index is 5.91. The van der Waals surface area contributed by atoms with E-state index in [0.29, 0.717) is 9.53 Å². The van der Waals surface area contributed by atoms with Gasteiger partial charge in [-0.1, -0.05) is 27.7 Å². The molecule has 0 saturated heterocycles. The molecular formula is C11H28OSSi2. The van der Waals surface area contributed by atoms with Gasteiger partial charge >= 0.3 is 0 Å². The first-order valence-electron chi connectivity index (χ1n) is 5.95. The van der Waals surface area contributed by atoms with E-state index < -0.39 is 8.32 Å². The first-order chi connectivity index (χ1) is 6.63. The largest absolute Gasteiger partial charge is 0.417 e. The van der Waals surface area contributed by atoms with Gasteiger partial charge in [-0.3, -0.25) is 0 Å². The summed E-state index contributed by atoms with van der Waals surface area (Å²) in [6.07, 6.45) is 0. The predicted molar refractivity (Wildman–Crippen MR) is 79.3 cm³/mol. The lowest BCUT2D eigenvalue weighted by molar-refractivity contribution is 0.331. The van der Waals surface area contributed by atoms with Gasteiger partial charge in [0.15, 0.2) is 8.32 Å². The summed E-state index contributed by atoms with van der Waals surface area (Å²) in [6.45, 7) is 17.0. The molecule has 0 saturated carbocycles. The van der Waals surface area contributed by atoms with Crippen molar-refractivity contribution in [2.24, 2.45) is 5.92 Å². The molecule has 4 heteroatoms. The van der Waals surface area contributed by atoms with Crippen molar-refractivity contribution in [1.82, 2.24) is 0 Å². The molecule has 0 radical (unpaired) electrons. The first kappa shape index (κ1) is 15.7. The highest BCUT2D eigenvalue weighted by atomic mass is 32.1. The van der Waals surface area contributed by atoms with Gasteiger partial charge in [0.25, 0.3) is 0 Å². The van der Waals surface area contributed by atoms with E-state index in [-0.39, 0.29) is 9.52 Å². The summed E-state index contributed by atoms with van der Waals surface area (Å²) in [5.74, 6) is 0.755. The van der Waals surface area contributed by atoms with Crippen molar-refractivity contribution in [2.45, 2.75) is 57.2 Å². The molecule has 92 valence electrons. The Morgan fingerprint density at radius 3 is 2.13 bits per heavy atom. The summed E-state index contributed by atoms with van der Waals surface area (Å²) in [7, 11) is -1.74. The van der Waals surface area contributed by atoms with E-state index in [1.54, 1.807) is 0 Å². The van der Waals surface area contributed by atoms with Gasteiger partial charge in [0.1, 0.15) is 0 Å². The van der Waals surface area contributed by atoms with Crippen LogP contribution in [0.25, 0.3) is 0 Å². The second kappa shape index (κ2) is 5.89. The van der Waals surface area contributed by atoms with Gasteiger partial charge in [0.2, 0.25) is 0 Å². The van der Waals surface area contributed by atoms with E-state index in [9.17, 15) is 0 Å². The topological polar surface area (TPSA) is 9.23 Å².